The van der Waals surface area contributed by atoms with Crippen LogP contribution in [0.15, 0.2) is 63.4 Å². The van der Waals surface area contributed by atoms with Crippen LogP contribution in [0.4, 0.5) is 16.5 Å². The first-order valence-corrected chi connectivity index (χ1v) is 15.7. The van der Waals surface area contributed by atoms with Crippen LogP contribution in [0.25, 0.3) is 0 Å². The Balaban J connectivity index is 1.38. The molecule has 42 heavy (non-hydrogen) atoms. The van der Waals surface area contributed by atoms with Gasteiger partial charge in [0, 0.05) is 45.7 Å². The van der Waals surface area contributed by atoms with Gasteiger partial charge in [0.05, 0.1) is 23.3 Å². The summed E-state index contributed by atoms with van der Waals surface area (Å²) in [6.07, 6.45) is 0.959. The number of amides is 2. The summed E-state index contributed by atoms with van der Waals surface area (Å²) in [5.41, 5.74) is 9.28. The number of nitrogens with zero attached hydrogens (tertiary/aromatic N) is 4. The molecule has 3 heterocycles. The highest BCUT2D eigenvalue weighted by Gasteiger charge is 2.45. The minimum atomic E-state index is -0.513. The standard InChI is InChI=1S/C29H29N7O3S3/c1-15-5-10-22(41-15)24-19(13-30)26(31)36(20-11-29(3,4)12-21(38)25(20)24)27-34-35-28(42-27)40-14-23(39)33-18-8-6-17(7-9-18)32-16(2)37/h5-10,24H,11-12,14,31H2,1-4H3,(H,32,37)(H,33,39). The fraction of sp³-hybridized carbons (Fsp3) is 0.310. The van der Waals surface area contributed by atoms with Crippen molar-refractivity contribution in [3.63, 3.8) is 0 Å². The van der Waals surface area contributed by atoms with Gasteiger partial charge in [0.1, 0.15) is 5.82 Å². The minimum Gasteiger partial charge on any atom is -0.384 e. The second-order valence-electron chi connectivity index (χ2n) is 10.9. The highest BCUT2D eigenvalue weighted by atomic mass is 32.2. The van der Waals surface area contributed by atoms with Crippen molar-refractivity contribution >= 4 is 68.5 Å². The van der Waals surface area contributed by atoms with Gasteiger partial charge < -0.3 is 16.4 Å². The number of allylic oxidation sites excluding steroid dienone is 3. The minimum absolute atomic E-state index is 0.00319. The highest BCUT2D eigenvalue weighted by molar-refractivity contribution is 8.01. The maximum absolute atomic E-state index is 13.6. The van der Waals surface area contributed by atoms with Crippen LogP contribution in [0.5, 0.6) is 0 Å². The van der Waals surface area contributed by atoms with Crippen LogP contribution < -0.4 is 21.3 Å². The number of aromatic nitrogens is 2. The number of hydrogen-bond acceptors (Lipinski definition) is 11. The fourth-order valence-corrected chi connectivity index (χ4v) is 7.81. The van der Waals surface area contributed by atoms with Gasteiger partial charge in [-0.1, -0.05) is 36.9 Å². The number of nitrogens with two attached hydrogens (primary N) is 1. The van der Waals surface area contributed by atoms with Crippen LogP contribution in [0.1, 0.15) is 49.3 Å². The Morgan fingerprint density at radius 2 is 1.81 bits per heavy atom. The molecule has 0 spiro atoms. The molecule has 0 saturated carbocycles. The monoisotopic (exact) mass is 619 g/mol. The summed E-state index contributed by atoms with van der Waals surface area (Å²) < 4.78 is 0.548. The number of ketones is 1. The zero-order valence-corrected chi connectivity index (χ0v) is 25.9. The number of aryl methyl sites for hydroxylation is 1. The van der Waals surface area contributed by atoms with Crippen molar-refractivity contribution in [1.82, 2.24) is 10.2 Å². The molecule has 1 unspecified atom stereocenters. The largest absolute Gasteiger partial charge is 0.384 e. The predicted octanol–water partition coefficient (Wildman–Crippen LogP) is 5.54. The molecule has 2 aliphatic rings. The van der Waals surface area contributed by atoms with Crippen molar-refractivity contribution in [3.8, 4) is 6.07 Å². The van der Waals surface area contributed by atoms with Gasteiger partial charge in [-0.25, -0.2) is 0 Å². The zero-order valence-electron chi connectivity index (χ0n) is 23.5. The summed E-state index contributed by atoms with van der Waals surface area (Å²) in [6, 6.07) is 13.1. The van der Waals surface area contributed by atoms with Gasteiger partial charge in [0.25, 0.3) is 0 Å². The first-order valence-electron chi connectivity index (χ1n) is 13.1. The smallest absolute Gasteiger partial charge is 0.234 e. The van der Waals surface area contributed by atoms with E-state index in [-0.39, 0.29) is 34.6 Å². The average Bonchev–Trinajstić information content (AvgIpc) is 3.56. The molecule has 5 rings (SSSR count). The summed E-state index contributed by atoms with van der Waals surface area (Å²) >= 11 is 4.04. The molecule has 3 aromatic rings. The molecule has 1 aliphatic carbocycles. The molecular formula is C29H29N7O3S3. The predicted molar refractivity (Wildman–Crippen MR) is 166 cm³/mol. The number of thiophene rings is 1. The summed E-state index contributed by atoms with van der Waals surface area (Å²) in [5, 5.41) is 24.8. The van der Waals surface area contributed by atoms with E-state index in [0.717, 1.165) is 15.5 Å². The molecule has 0 radical (unpaired) electrons. The van der Waals surface area contributed by atoms with Crippen molar-refractivity contribution < 1.29 is 14.4 Å². The number of hydrogen-bond donors (Lipinski definition) is 3. The van der Waals surface area contributed by atoms with Crippen LogP contribution >= 0.6 is 34.4 Å². The van der Waals surface area contributed by atoms with Gasteiger partial charge in [-0.2, -0.15) is 5.26 Å². The van der Waals surface area contributed by atoms with Gasteiger partial charge in [0.2, 0.25) is 16.9 Å². The van der Waals surface area contributed by atoms with Gasteiger partial charge in [-0.15, -0.1) is 21.5 Å². The number of nitrogens with one attached hydrogen (secondary N) is 2. The van der Waals surface area contributed by atoms with E-state index in [1.807, 2.05) is 32.9 Å². The lowest BCUT2D eigenvalue weighted by Crippen LogP contribution is -2.42. The summed E-state index contributed by atoms with van der Waals surface area (Å²) in [7, 11) is 0. The van der Waals surface area contributed by atoms with Crippen LogP contribution in [0.3, 0.4) is 0 Å². The van der Waals surface area contributed by atoms with E-state index in [4.69, 9.17) is 5.73 Å². The maximum Gasteiger partial charge on any atom is 0.234 e. The SMILES string of the molecule is CC(=O)Nc1ccc(NC(=O)CSc2nnc(N3C(N)=C(C#N)C(c4ccc(C)s4)C4=C3CC(C)(C)CC4=O)s2)cc1. The van der Waals surface area contributed by atoms with Gasteiger partial charge >= 0.3 is 0 Å². The summed E-state index contributed by atoms with van der Waals surface area (Å²) in [5.74, 6) is -0.576. The van der Waals surface area contributed by atoms with E-state index in [0.29, 0.717) is 44.8 Å². The third-order valence-corrected chi connectivity index (χ3v) is 9.94. The van der Waals surface area contributed by atoms with E-state index in [9.17, 15) is 19.6 Å². The van der Waals surface area contributed by atoms with E-state index < -0.39 is 5.92 Å². The first kappa shape index (κ1) is 29.5. The number of anilines is 3. The topological polar surface area (TPSA) is 154 Å². The Bertz CT molecular complexity index is 1680. The maximum atomic E-state index is 13.6. The second kappa shape index (κ2) is 11.7. The first-order chi connectivity index (χ1) is 20.0. The number of Topliss-reactive ketones (excluding diaryl/α,β-unsaturated/α-hetero) is 1. The quantitative estimate of drug-likeness (QED) is 0.289. The number of benzene rings is 1. The third-order valence-electron chi connectivity index (χ3n) is 6.83. The summed E-state index contributed by atoms with van der Waals surface area (Å²) in [6.45, 7) is 7.51. The van der Waals surface area contributed by atoms with Crippen LogP contribution in [0.2, 0.25) is 0 Å². The Labute approximate surface area is 255 Å². The van der Waals surface area contributed by atoms with Gasteiger partial charge in [-0.05, 0) is 55.2 Å². The van der Waals surface area contributed by atoms with Gasteiger partial charge in [-0.3, -0.25) is 19.3 Å². The lowest BCUT2D eigenvalue weighted by Gasteiger charge is -2.42. The lowest BCUT2D eigenvalue weighted by atomic mass is 9.70. The van der Waals surface area contributed by atoms with E-state index in [1.165, 1.54) is 30.0 Å². The molecule has 1 aromatic carbocycles. The molecular weight excluding hydrogens is 591 g/mol. The van der Waals surface area contributed by atoms with E-state index >= 15 is 0 Å². The normalized spacial score (nSPS) is 18.0. The highest BCUT2D eigenvalue weighted by Crippen LogP contribution is 2.51. The number of thioether (sulfide) groups is 1. The van der Waals surface area contributed by atoms with E-state index in [2.05, 4.69) is 26.9 Å². The van der Waals surface area contributed by atoms with Crippen molar-refractivity contribution in [2.45, 2.75) is 50.8 Å². The van der Waals surface area contributed by atoms with Crippen LogP contribution in [-0.2, 0) is 14.4 Å². The Morgan fingerprint density at radius 3 is 2.43 bits per heavy atom. The molecule has 1 aliphatic heterocycles. The number of rotatable bonds is 7. The zero-order chi connectivity index (χ0) is 30.2. The Hall–Kier alpha value is -3.99. The molecule has 4 N–H and O–H groups in total. The second-order valence-corrected chi connectivity index (χ2v) is 14.4. The van der Waals surface area contributed by atoms with Crippen LogP contribution in [0, 0.1) is 23.7 Å². The molecule has 2 amide bonds. The third kappa shape index (κ3) is 6.11. The van der Waals surface area contributed by atoms with Crippen LogP contribution in [-0.4, -0.2) is 33.5 Å². The lowest BCUT2D eigenvalue weighted by molar-refractivity contribution is -0.118. The van der Waals surface area contributed by atoms with Crippen molar-refractivity contribution in [2.75, 3.05) is 21.3 Å². The fourth-order valence-electron chi connectivity index (χ4n) is 5.14. The number of carbonyl (C=O) groups is 3. The Morgan fingerprint density at radius 1 is 1.12 bits per heavy atom. The summed E-state index contributed by atoms with van der Waals surface area (Å²) in [4.78, 5) is 41.1. The molecule has 0 fully saturated rings. The number of carbonyl (C=O) groups excluding carboxylic acids is 3. The molecule has 0 bridgehead atoms. The van der Waals surface area contributed by atoms with Crippen molar-refractivity contribution in [3.05, 3.63) is 68.8 Å². The average molecular weight is 620 g/mol. The van der Waals surface area contributed by atoms with Crippen molar-refractivity contribution in [2.24, 2.45) is 11.1 Å². The Kier molecular flexibility index (Phi) is 8.23. The molecule has 13 heteroatoms. The molecule has 10 nitrogen and oxygen atoms in total. The molecule has 0 saturated heterocycles. The molecule has 2 aromatic heterocycles. The number of nitriles is 1. The van der Waals surface area contributed by atoms with Crippen molar-refractivity contribution in [1.29, 1.82) is 5.26 Å². The van der Waals surface area contributed by atoms with E-state index in [1.54, 1.807) is 40.5 Å². The molecule has 216 valence electrons. The van der Waals surface area contributed by atoms with Gasteiger partial charge in [0.15, 0.2) is 10.1 Å². The molecule has 1 atom stereocenters.